The highest BCUT2D eigenvalue weighted by atomic mass is 16.3. The van der Waals surface area contributed by atoms with Crippen molar-refractivity contribution < 1.29 is 9.90 Å². The smallest absolute Gasteiger partial charge is 0.225 e. The maximum Gasteiger partial charge on any atom is 0.225 e. The van der Waals surface area contributed by atoms with Gasteiger partial charge in [0.05, 0.1) is 0 Å². The van der Waals surface area contributed by atoms with Crippen LogP contribution in [0.3, 0.4) is 0 Å². The van der Waals surface area contributed by atoms with Crippen molar-refractivity contribution in [3.05, 3.63) is 65.7 Å². The summed E-state index contributed by atoms with van der Waals surface area (Å²) in [6.45, 7) is 2.43. The van der Waals surface area contributed by atoms with Gasteiger partial charge in [-0.15, -0.1) is 0 Å². The quantitative estimate of drug-likeness (QED) is 0.766. The molecule has 4 heteroatoms. The minimum Gasteiger partial charge on any atom is -0.384 e. The van der Waals surface area contributed by atoms with E-state index in [4.69, 9.17) is 0 Å². The van der Waals surface area contributed by atoms with Gasteiger partial charge in [-0.25, -0.2) is 0 Å². The maximum absolute atomic E-state index is 12.1. The Hall–Kier alpha value is -2.17. The molecule has 0 heterocycles. The van der Waals surface area contributed by atoms with E-state index >= 15 is 0 Å². The monoisotopic (exact) mass is 324 g/mol. The second-order valence-corrected chi connectivity index (χ2v) is 6.59. The third-order valence-electron chi connectivity index (χ3n) is 4.62. The Kier molecular flexibility index (Phi) is 4.97. The molecule has 1 aliphatic carbocycles. The van der Waals surface area contributed by atoms with Crippen molar-refractivity contribution in [2.45, 2.75) is 37.8 Å². The van der Waals surface area contributed by atoms with Crippen LogP contribution in [0.25, 0.3) is 0 Å². The van der Waals surface area contributed by atoms with E-state index in [-0.39, 0.29) is 11.9 Å². The van der Waals surface area contributed by atoms with E-state index in [0.717, 1.165) is 24.1 Å². The number of aliphatic hydroxyl groups is 1. The van der Waals surface area contributed by atoms with Crippen LogP contribution in [0, 0.1) is 0 Å². The maximum atomic E-state index is 12.1. The Bertz CT molecular complexity index is 702. The summed E-state index contributed by atoms with van der Waals surface area (Å²) in [5, 5.41) is 17.1. The number of hydrogen-bond donors (Lipinski definition) is 3. The molecule has 1 amide bonds. The molecule has 1 aliphatic rings. The summed E-state index contributed by atoms with van der Waals surface area (Å²) in [4.78, 5) is 12.1. The van der Waals surface area contributed by atoms with E-state index in [1.165, 1.54) is 5.56 Å². The summed E-state index contributed by atoms with van der Waals surface area (Å²) in [6.07, 6.45) is 1.99. The first-order chi connectivity index (χ1) is 11.6. The molecular formula is C20H24N2O2. The molecule has 0 bridgehead atoms. The number of para-hydroxylation sites is 1. The second kappa shape index (κ2) is 7.16. The standard InChI is InChI=1S/C20H24N2O2/c1-15(13-19(23)22-17-8-3-2-4-9-17)21-14-20(24)12-11-16-7-5-6-10-18(16)20/h2-10,15,21,24H,11-14H2,1H3,(H,22,23)/t15-,20+/m1/s1. The summed E-state index contributed by atoms with van der Waals surface area (Å²) < 4.78 is 0. The van der Waals surface area contributed by atoms with E-state index in [1.54, 1.807) is 0 Å². The van der Waals surface area contributed by atoms with Gasteiger partial charge in [0.15, 0.2) is 0 Å². The summed E-state index contributed by atoms with van der Waals surface area (Å²) in [5.41, 5.74) is 2.20. The topological polar surface area (TPSA) is 61.4 Å². The largest absolute Gasteiger partial charge is 0.384 e. The number of carbonyl (C=O) groups is 1. The molecule has 0 fully saturated rings. The Labute approximate surface area is 142 Å². The van der Waals surface area contributed by atoms with Gasteiger partial charge in [0.2, 0.25) is 5.91 Å². The van der Waals surface area contributed by atoms with Crippen LogP contribution in [0.4, 0.5) is 5.69 Å². The van der Waals surface area contributed by atoms with Crippen LogP contribution < -0.4 is 10.6 Å². The molecule has 0 aliphatic heterocycles. The highest BCUT2D eigenvalue weighted by molar-refractivity contribution is 5.90. The number of fused-ring (bicyclic) bond motifs is 1. The van der Waals surface area contributed by atoms with Crippen molar-refractivity contribution >= 4 is 11.6 Å². The van der Waals surface area contributed by atoms with Gasteiger partial charge in [0, 0.05) is 24.7 Å². The molecule has 0 saturated heterocycles. The van der Waals surface area contributed by atoms with E-state index < -0.39 is 5.60 Å². The van der Waals surface area contributed by atoms with Crippen LogP contribution >= 0.6 is 0 Å². The van der Waals surface area contributed by atoms with Crippen LogP contribution in [0.5, 0.6) is 0 Å². The first-order valence-corrected chi connectivity index (χ1v) is 8.46. The molecule has 126 valence electrons. The van der Waals surface area contributed by atoms with Crippen LogP contribution in [-0.4, -0.2) is 23.6 Å². The van der Waals surface area contributed by atoms with Crippen molar-refractivity contribution in [3.63, 3.8) is 0 Å². The minimum atomic E-state index is -0.833. The van der Waals surface area contributed by atoms with Crippen molar-refractivity contribution in [3.8, 4) is 0 Å². The number of hydrogen-bond acceptors (Lipinski definition) is 3. The minimum absolute atomic E-state index is 0.00880. The van der Waals surface area contributed by atoms with E-state index in [1.807, 2.05) is 55.5 Å². The zero-order chi connectivity index (χ0) is 17.0. The van der Waals surface area contributed by atoms with Crippen LogP contribution in [0.15, 0.2) is 54.6 Å². The van der Waals surface area contributed by atoms with Crippen LogP contribution in [0.1, 0.15) is 30.9 Å². The molecule has 0 spiro atoms. The number of aryl methyl sites for hydroxylation is 1. The number of anilines is 1. The SMILES string of the molecule is C[C@H](CC(=O)Nc1ccccc1)NC[C@@]1(O)CCc2ccccc21. The number of nitrogens with one attached hydrogen (secondary N) is 2. The lowest BCUT2D eigenvalue weighted by Crippen LogP contribution is -2.41. The van der Waals surface area contributed by atoms with Gasteiger partial charge < -0.3 is 15.7 Å². The molecule has 2 aromatic rings. The fourth-order valence-electron chi connectivity index (χ4n) is 3.28. The molecule has 4 nitrogen and oxygen atoms in total. The molecule has 2 atom stereocenters. The van der Waals surface area contributed by atoms with Gasteiger partial charge in [-0.2, -0.15) is 0 Å². The van der Waals surface area contributed by atoms with Gasteiger partial charge in [-0.05, 0) is 43.0 Å². The molecule has 3 N–H and O–H groups in total. The van der Waals surface area contributed by atoms with E-state index in [9.17, 15) is 9.90 Å². The summed E-state index contributed by atoms with van der Waals surface area (Å²) in [6, 6.07) is 17.5. The van der Waals surface area contributed by atoms with Crippen molar-refractivity contribution in [1.82, 2.24) is 5.32 Å². The molecule has 24 heavy (non-hydrogen) atoms. The van der Waals surface area contributed by atoms with Gasteiger partial charge in [-0.1, -0.05) is 42.5 Å². The lowest BCUT2D eigenvalue weighted by Gasteiger charge is -2.26. The van der Waals surface area contributed by atoms with Crippen molar-refractivity contribution in [1.29, 1.82) is 0 Å². The van der Waals surface area contributed by atoms with E-state index in [0.29, 0.717) is 13.0 Å². The number of benzene rings is 2. The zero-order valence-electron chi connectivity index (χ0n) is 14.0. The Balaban J connectivity index is 1.51. The first-order valence-electron chi connectivity index (χ1n) is 8.46. The van der Waals surface area contributed by atoms with Gasteiger partial charge >= 0.3 is 0 Å². The third kappa shape index (κ3) is 3.83. The molecule has 3 rings (SSSR count). The lowest BCUT2D eigenvalue weighted by molar-refractivity contribution is -0.116. The average molecular weight is 324 g/mol. The van der Waals surface area contributed by atoms with E-state index in [2.05, 4.69) is 16.7 Å². The molecular weight excluding hydrogens is 300 g/mol. The number of rotatable bonds is 6. The average Bonchev–Trinajstić information content (AvgIpc) is 2.92. The van der Waals surface area contributed by atoms with Crippen molar-refractivity contribution in [2.24, 2.45) is 0 Å². The summed E-state index contributed by atoms with van der Waals surface area (Å²) >= 11 is 0. The normalized spacial score (nSPS) is 20.4. The zero-order valence-corrected chi connectivity index (χ0v) is 14.0. The van der Waals surface area contributed by atoms with Gasteiger partial charge in [0.1, 0.15) is 5.60 Å². The number of carbonyl (C=O) groups excluding carboxylic acids is 1. The molecule has 0 radical (unpaired) electrons. The third-order valence-corrected chi connectivity index (χ3v) is 4.62. The van der Waals surface area contributed by atoms with Crippen molar-refractivity contribution in [2.75, 3.05) is 11.9 Å². The molecule has 0 aromatic heterocycles. The fraction of sp³-hybridized carbons (Fsp3) is 0.350. The Morgan fingerprint density at radius 3 is 2.67 bits per heavy atom. The Morgan fingerprint density at radius 2 is 1.88 bits per heavy atom. The van der Waals surface area contributed by atoms with Crippen LogP contribution in [0.2, 0.25) is 0 Å². The Morgan fingerprint density at radius 1 is 1.17 bits per heavy atom. The summed E-state index contributed by atoms with van der Waals surface area (Å²) in [7, 11) is 0. The first kappa shape index (κ1) is 16.7. The second-order valence-electron chi connectivity index (χ2n) is 6.59. The van der Waals surface area contributed by atoms with Crippen LogP contribution in [-0.2, 0) is 16.8 Å². The number of amides is 1. The highest BCUT2D eigenvalue weighted by Crippen LogP contribution is 2.36. The van der Waals surface area contributed by atoms with Gasteiger partial charge in [-0.3, -0.25) is 4.79 Å². The highest BCUT2D eigenvalue weighted by Gasteiger charge is 2.36. The van der Waals surface area contributed by atoms with Gasteiger partial charge in [0.25, 0.3) is 0 Å². The lowest BCUT2D eigenvalue weighted by atomic mass is 9.95. The molecule has 0 unspecified atom stereocenters. The predicted octanol–water partition coefficient (Wildman–Crippen LogP) is 2.83. The summed E-state index contributed by atoms with van der Waals surface area (Å²) in [5.74, 6) is -0.0278. The predicted molar refractivity (Wildman–Crippen MR) is 95.8 cm³/mol. The molecule has 0 saturated carbocycles. The molecule has 2 aromatic carbocycles. The fourth-order valence-corrected chi connectivity index (χ4v) is 3.28.